The number of rotatable bonds is 11. The number of hydrogen-bond acceptors (Lipinski definition) is 3. The predicted molar refractivity (Wildman–Crippen MR) is 73.4 cm³/mol. The molecule has 3 nitrogen and oxygen atoms in total. The van der Waals surface area contributed by atoms with E-state index in [1.54, 1.807) is 0 Å². The van der Waals surface area contributed by atoms with Gasteiger partial charge in [0, 0.05) is 26.2 Å². The van der Waals surface area contributed by atoms with E-state index in [1.807, 2.05) is 0 Å². The van der Waals surface area contributed by atoms with Gasteiger partial charge >= 0.3 is 0 Å². The average molecular weight is 242 g/mol. The molecule has 1 N–H and O–H groups in total. The second-order valence-corrected chi connectivity index (χ2v) is 4.97. The highest BCUT2D eigenvalue weighted by Crippen LogP contribution is 2.28. The maximum atomic E-state index is 5.62. The zero-order valence-electron chi connectivity index (χ0n) is 11.7. The van der Waals surface area contributed by atoms with Gasteiger partial charge in [0.1, 0.15) is 0 Å². The molecule has 0 unspecified atom stereocenters. The standard InChI is InChI=1S/C14H30N2O/c1-3-16(4-2)11-9-15-10-13-17-12-8-14-6-5-7-14/h14-15H,3-13H2,1-2H3. The van der Waals surface area contributed by atoms with Crippen LogP contribution in [0.15, 0.2) is 0 Å². The summed E-state index contributed by atoms with van der Waals surface area (Å²) < 4.78 is 5.62. The van der Waals surface area contributed by atoms with Crippen molar-refractivity contribution in [2.24, 2.45) is 5.92 Å². The SMILES string of the molecule is CCN(CC)CCNCCOCCC1CCC1. The molecule has 0 aromatic rings. The first-order valence-corrected chi connectivity index (χ1v) is 7.37. The normalized spacial score (nSPS) is 16.4. The van der Waals surface area contributed by atoms with Crippen LogP contribution in [0.3, 0.4) is 0 Å². The summed E-state index contributed by atoms with van der Waals surface area (Å²) in [4.78, 5) is 2.43. The summed E-state index contributed by atoms with van der Waals surface area (Å²) in [5.41, 5.74) is 0. The Labute approximate surface area is 107 Å². The highest BCUT2D eigenvalue weighted by molar-refractivity contribution is 4.68. The molecule has 1 saturated carbocycles. The van der Waals surface area contributed by atoms with Crippen molar-refractivity contribution in [3.8, 4) is 0 Å². The molecule has 17 heavy (non-hydrogen) atoms. The van der Waals surface area contributed by atoms with Gasteiger partial charge in [-0.15, -0.1) is 0 Å². The van der Waals surface area contributed by atoms with Crippen LogP contribution in [0.1, 0.15) is 39.5 Å². The fraction of sp³-hybridized carbons (Fsp3) is 1.00. The van der Waals surface area contributed by atoms with E-state index in [9.17, 15) is 0 Å². The molecule has 3 heteroatoms. The largest absolute Gasteiger partial charge is 0.380 e. The number of ether oxygens (including phenoxy) is 1. The first kappa shape index (κ1) is 14.9. The molecule has 0 atom stereocenters. The van der Waals surface area contributed by atoms with Gasteiger partial charge in [-0.25, -0.2) is 0 Å². The van der Waals surface area contributed by atoms with Crippen LogP contribution in [-0.4, -0.2) is 50.8 Å². The molecule has 1 rings (SSSR count). The Morgan fingerprint density at radius 2 is 1.88 bits per heavy atom. The minimum atomic E-state index is 0.866. The van der Waals surface area contributed by atoms with Crippen molar-refractivity contribution in [3.63, 3.8) is 0 Å². The van der Waals surface area contributed by atoms with Gasteiger partial charge in [0.15, 0.2) is 0 Å². The second kappa shape index (κ2) is 9.86. The van der Waals surface area contributed by atoms with Crippen molar-refractivity contribution >= 4 is 0 Å². The van der Waals surface area contributed by atoms with Gasteiger partial charge in [0.2, 0.25) is 0 Å². The topological polar surface area (TPSA) is 24.5 Å². The van der Waals surface area contributed by atoms with E-state index in [0.717, 1.165) is 51.9 Å². The van der Waals surface area contributed by atoms with Gasteiger partial charge in [-0.3, -0.25) is 0 Å². The summed E-state index contributed by atoms with van der Waals surface area (Å²) >= 11 is 0. The monoisotopic (exact) mass is 242 g/mol. The molecule has 0 radical (unpaired) electrons. The van der Waals surface area contributed by atoms with Crippen molar-refractivity contribution in [2.75, 3.05) is 45.9 Å². The second-order valence-electron chi connectivity index (χ2n) is 4.97. The maximum absolute atomic E-state index is 5.62. The molecule has 1 aliphatic rings. The van der Waals surface area contributed by atoms with Crippen molar-refractivity contribution < 1.29 is 4.74 Å². The molecular weight excluding hydrogens is 212 g/mol. The summed E-state index contributed by atoms with van der Waals surface area (Å²) in [6.07, 6.45) is 5.59. The van der Waals surface area contributed by atoms with Crippen LogP contribution in [0.25, 0.3) is 0 Å². The van der Waals surface area contributed by atoms with Crippen LogP contribution in [0.4, 0.5) is 0 Å². The molecule has 102 valence electrons. The summed E-state index contributed by atoms with van der Waals surface area (Å²) in [5, 5.41) is 3.43. The average Bonchev–Trinajstić information content (AvgIpc) is 2.29. The molecule has 0 spiro atoms. The Balaban J connectivity index is 1.74. The third-order valence-corrected chi connectivity index (χ3v) is 3.82. The predicted octanol–water partition coefficient (Wildman–Crippen LogP) is 2.12. The molecule has 0 bridgehead atoms. The van der Waals surface area contributed by atoms with Crippen LogP contribution < -0.4 is 5.32 Å². The van der Waals surface area contributed by atoms with E-state index in [0.29, 0.717) is 0 Å². The van der Waals surface area contributed by atoms with E-state index < -0.39 is 0 Å². The first-order chi connectivity index (χ1) is 8.36. The zero-order chi connectivity index (χ0) is 12.3. The molecule has 0 amide bonds. The lowest BCUT2D eigenvalue weighted by Crippen LogP contribution is -2.33. The minimum Gasteiger partial charge on any atom is -0.380 e. The van der Waals surface area contributed by atoms with Crippen LogP contribution in [-0.2, 0) is 4.74 Å². The third kappa shape index (κ3) is 7.02. The summed E-state index contributed by atoms with van der Waals surface area (Å²) in [7, 11) is 0. The van der Waals surface area contributed by atoms with Crippen LogP contribution >= 0.6 is 0 Å². The molecule has 0 heterocycles. The molecular formula is C14H30N2O. The van der Waals surface area contributed by atoms with E-state index >= 15 is 0 Å². The van der Waals surface area contributed by atoms with E-state index in [1.165, 1.54) is 25.7 Å². The Kier molecular flexibility index (Phi) is 8.67. The molecule has 1 aliphatic carbocycles. The highest BCUT2D eigenvalue weighted by Gasteiger charge is 2.16. The quantitative estimate of drug-likeness (QED) is 0.562. The lowest BCUT2D eigenvalue weighted by Gasteiger charge is -2.24. The van der Waals surface area contributed by atoms with E-state index in [4.69, 9.17) is 4.74 Å². The van der Waals surface area contributed by atoms with Gasteiger partial charge < -0.3 is 15.0 Å². The first-order valence-electron chi connectivity index (χ1n) is 7.37. The fourth-order valence-corrected chi connectivity index (χ4v) is 2.18. The van der Waals surface area contributed by atoms with Crippen molar-refractivity contribution in [1.29, 1.82) is 0 Å². The van der Waals surface area contributed by atoms with Crippen molar-refractivity contribution in [3.05, 3.63) is 0 Å². The van der Waals surface area contributed by atoms with Crippen molar-refractivity contribution in [2.45, 2.75) is 39.5 Å². The Morgan fingerprint density at radius 1 is 1.12 bits per heavy atom. The van der Waals surface area contributed by atoms with Crippen LogP contribution in [0.2, 0.25) is 0 Å². The van der Waals surface area contributed by atoms with Crippen LogP contribution in [0.5, 0.6) is 0 Å². The number of nitrogens with one attached hydrogen (secondary N) is 1. The maximum Gasteiger partial charge on any atom is 0.0590 e. The number of likely N-dealkylation sites (N-methyl/N-ethyl adjacent to an activating group) is 1. The summed E-state index contributed by atoms with van der Waals surface area (Å²) in [5.74, 6) is 0.977. The molecule has 0 aromatic carbocycles. The lowest BCUT2D eigenvalue weighted by atomic mass is 9.83. The smallest absolute Gasteiger partial charge is 0.0590 e. The lowest BCUT2D eigenvalue weighted by molar-refractivity contribution is 0.108. The Hall–Kier alpha value is -0.120. The van der Waals surface area contributed by atoms with Crippen molar-refractivity contribution in [1.82, 2.24) is 10.2 Å². The van der Waals surface area contributed by atoms with Gasteiger partial charge in [-0.2, -0.15) is 0 Å². The Morgan fingerprint density at radius 3 is 2.47 bits per heavy atom. The highest BCUT2D eigenvalue weighted by atomic mass is 16.5. The fourth-order valence-electron chi connectivity index (χ4n) is 2.18. The van der Waals surface area contributed by atoms with Gasteiger partial charge in [-0.1, -0.05) is 33.1 Å². The zero-order valence-corrected chi connectivity index (χ0v) is 11.7. The molecule has 1 fully saturated rings. The third-order valence-electron chi connectivity index (χ3n) is 3.82. The molecule has 0 aromatic heterocycles. The van der Waals surface area contributed by atoms with Gasteiger partial charge in [0.05, 0.1) is 6.61 Å². The number of nitrogens with zero attached hydrogens (tertiary/aromatic N) is 1. The Bertz CT molecular complexity index is 168. The summed E-state index contributed by atoms with van der Waals surface area (Å²) in [6, 6.07) is 0. The van der Waals surface area contributed by atoms with Gasteiger partial charge in [0.25, 0.3) is 0 Å². The summed E-state index contributed by atoms with van der Waals surface area (Å²) in [6.45, 7) is 11.8. The van der Waals surface area contributed by atoms with E-state index in [2.05, 4.69) is 24.1 Å². The number of hydrogen-bond donors (Lipinski definition) is 1. The van der Waals surface area contributed by atoms with Crippen LogP contribution in [0, 0.1) is 5.92 Å². The minimum absolute atomic E-state index is 0.866. The molecule has 0 saturated heterocycles. The van der Waals surface area contributed by atoms with E-state index in [-0.39, 0.29) is 0 Å². The molecule has 0 aliphatic heterocycles. The van der Waals surface area contributed by atoms with Gasteiger partial charge in [-0.05, 0) is 25.4 Å².